The predicted molar refractivity (Wildman–Crippen MR) is 89.9 cm³/mol. The average molecular weight is 307 g/mol. The zero-order valence-electron chi connectivity index (χ0n) is 14.1. The van der Waals surface area contributed by atoms with E-state index in [1.54, 1.807) is 0 Å². The van der Waals surface area contributed by atoms with Gasteiger partial charge in [-0.25, -0.2) is 0 Å². The highest BCUT2D eigenvalue weighted by Gasteiger charge is 2.27. The quantitative estimate of drug-likeness (QED) is 0.865. The summed E-state index contributed by atoms with van der Waals surface area (Å²) in [6.45, 7) is 6.85. The highest BCUT2D eigenvalue weighted by Crippen LogP contribution is 2.21. The third-order valence-electron chi connectivity index (χ3n) is 5.67. The Morgan fingerprint density at radius 1 is 0.955 bits per heavy atom. The molecule has 0 aromatic carbocycles. The number of hydrogen-bond acceptors (Lipinski definition) is 3. The van der Waals surface area contributed by atoms with Crippen LogP contribution in [0.4, 0.5) is 0 Å². The van der Waals surface area contributed by atoms with Gasteiger partial charge in [-0.1, -0.05) is 12.8 Å². The fourth-order valence-corrected chi connectivity index (χ4v) is 4.40. The second-order valence-electron chi connectivity index (χ2n) is 7.56. The lowest BCUT2D eigenvalue weighted by molar-refractivity contribution is -0.133. The van der Waals surface area contributed by atoms with Gasteiger partial charge >= 0.3 is 0 Å². The van der Waals surface area contributed by atoms with Gasteiger partial charge in [0.25, 0.3) is 0 Å². The van der Waals surface area contributed by atoms with Gasteiger partial charge < -0.3 is 15.1 Å². The van der Waals surface area contributed by atoms with Crippen LogP contribution in [0.15, 0.2) is 0 Å². The van der Waals surface area contributed by atoms with E-state index in [4.69, 9.17) is 0 Å². The van der Waals surface area contributed by atoms with Gasteiger partial charge in [-0.15, -0.1) is 0 Å². The minimum atomic E-state index is 0.389. The molecule has 0 aliphatic carbocycles. The molecule has 0 bridgehead atoms. The van der Waals surface area contributed by atoms with Crippen molar-refractivity contribution in [2.45, 2.75) is 63.8 Å². The van der Waals surface area contributed by atoms with Crippen molar-refractivity contribution in [3.8, 4) is 0 Å². The number of hydrogen-bond donors (Lipinski definition) is 1. The van der Waals surface area contributed by atoms with Crippen LogP contribution >= 0.6 is 0 Å². The molecule has 4 nitrogen and oxygen atoms in total. The number of rotatable bonds is 4. The van der Waals surface area contributed by atoms with Crippen LogP contribution in [0, 0.1) is 5.92 Å². The lowest BCUT2D eigenvalue weighted by atomic mass is 9.96. The lowest BCUT2D eigenvalue weighted by Gasteiger charge is -2.36. The molecule has 3 fully saturated rings. The summed E-state index contributed by atoms with van der Waals surface area (Å²) in [6, 6.07) is 0.443. The zero-order chi connectivity index (χ0) is 15.2. The molecule has 1 amide bonds. The van der Waals surface area contributed by atoms with Crippen LogP contribution in [0.3, 0.4) is 0 Å². The fraction of sp³-hybridized carbons (Fsp3) is 0.944. The van der Waals surface area contributed by atoms with E-state index in [2.05, 4.69) is 15.1 Å². The van der Waals surface area contributed by atoms with Gasteiger partial charge in [-0.05, 0) is 64.1 Å². The van der Waals surface area contributed by atoms with E-state index in [1.165, 1.54) is 71.0 Å². The van der Waals surface area contributed by atoms with Crippen LogP contribution < -0.4 is 5.32 Å². The first-order valence-corrected chi connectivity index (χ1v) is 9.55. The number of nitrogens with zero attached hydrogens (tertiary/aromatic N) is 2. The van der Waals surface area contributed by atoms with Crippen molar-refractivity contribution in [2.24, 2.45) is 5.92 Å². The first kappa shape index (κ1) is 16.3. The van der Waals surface area contributed by atoms with Crippen molar-refractivity contribution in [2.75, 3.05) is 39.3 Å². The normalized spacial score (nSPS) is 31.2. The Bertz CT molecular complexity index is 346. The third kappa shape index (κ3) is 4.69. The van der Waals surface area contributed by atoms with Gasteiger partial charge in [0.05, 0.1) is 0 Å². The molecular formula is C18H33N3O. The van der Waals surface area contributed by atoms with Crippen LogP contribution in [0.25, 0.3) is 0 Å². The minimum Gasteiger partial charge on any atom is -0.342 e. The SMILES string of the molecule is O=C(CC1CCCN1)N1CCCC(CN2CCCCCC2)C1. The molecule has 4 heteroatoms. The van der Waals surface area contributed by atoms with Crippen molar-refractivity contribution >= 4 is 5.91 Å². The molecule has 2 atom stereocenters. The third-order valence-corrected chi connectivity index (χ3v) is 5.67. The van der Waals surface area contributed by atoms with Crippen LogP contribution in [-0.2, 0) is 4.79 Å². The fourth-order valence-electron chi connectivity index (χ4n) is 4.40. The summed E-state index contributed by atoms with van der Waals surface area (Å²) in [7, 11) is 0. The molecule has 126 valence electrons. The van der Waals surface area contributed by atoms with Crippen LogP contribution in [0.2, 0.25) is 0 Å². The van der Waals surface area contributed by atoms with Crippen LogP contribution in [0.5, 0.6) is 0 Å². The molecule has 0 aromatic heterocycles. The van der Waals surface area contributed by atoms with Crippen molar-refractivity contribution < 1.29 is 4.79 Å². The number of amides is 1. The first-order chi connectivity index (χ1) is 10.8. The molecule has 3 aliphatic heterocycles. The Morgan fingerprint density at radius 2 is 1.77 bits per heavy atom. The Morgan fingerprint density at radius 3 is 2.50 bits per heavy atom. The highest BCUT2D eigenvalue weighted by atomic mass is 16.2. The molecular weight excluding hydrogens is 274 g/mol. The topological polar surface area (TPSA) is 35.6 Å². The zero-order valence-corrected chi connectivity index (χ0v) is 14.1. The highest BCUT2D eigenvalue weighted by molar-refractivity contribution is 5.77. The predicted octanol–water partition coefficient (Wildman–Crippen LogP) is 2.24. The van der Waals surface area contributed by atoms with Gasteiger partial charge in [-0.3, -0.25) is 4.79 Å². The second kappa shape index (κ2) is 8.30. The number of carbonyl (C=O) groups is 1. The van der Waals surface area contributed by atoms with E-state index in [1.807, 2.05) is 0 Å². The molecule has 0 spiro atoms. The standard InChI is InChI=1S/C18H33N3O/c22-18(13-17-8-5-9-19-17)21-12-6-7-16(15-21)14-20-10-3-1-2-4-11-20/h16-17,19H,1-15H2. The summed E-state index contributed by atoms with van der Waals surface area (Å²) < 4.78 is 0. The summed E-state index contributed by atoms with van der Waals surface area (Å²) in [5.41, 5.74) is 0. The Labute approximate surface area is 135 Å². The largest absolute Gasteiger partial charge is 0.342 e. The number of nitrogens with one attached hydrogen (secondary N) is 1. The van der Waals surface area contributed by atoms with E-state index in [9.17, 15) is 4.79 Å². The molecule has 0 aromatic rings. The summed E-state index contributed by atoms with van der Waals surface area (Å²) in [4.78, 5) is 17.3. The molecule has 0 saturated carbocycles. The molecule has 0 radical (unpaired) electrons. The molecule has 22 heavy (non-hydrogen) atoms. The molecule has 1 N–H and O–H groups in total. The number of likely N-dealkylation sites (tertiary alicyclic amines) is 2. The van der Waals surface area contributed by atoms with Gasteiger partial charge in [0.15, 0.2) is 0 Å². The smallest absolute Gasteiger partial charge is 0.224 e. The summed E-state index contributed by atoms with van der Waals surface area (Å²) in [5.74, 6) is 1.09. The molecule has 3 heterocycles. The Hall–Kier alpha value is -0.610. The van der Waals surface area contributed by atoms with E-state index >= 15 is 0 Å². The van der Waals surface area contributed by atoms with Crippen molar-refractivity contribution in [3.05, 3.63) is 0 Å². The molecule has 2 unspecified atom stereocenters. The molecule has 3 aliphatic rings. The maximum absolute atomic E-state index is 12.5. The Kier molecular flexibility index (Phi) is 6.13. The van der Waals surface area contributed by atoms with Gasteiger partial charge in [0.1, 0.15) is 0 Å². The van der Waals surface area contributed by atoms with Gasteiger partial charge in [0.2, 0.25) is 5.91 Å². The van der Waals surface area contributed by atoms with Crippen molar-refractivity contribution in [3.63, 3.8) is 0 Å². The summed E-state index contributed by atoms with van der Waals surface area (Å²) >= 11 is 0. The Balaban J connectivity index is 1.44. The monoisotopic (exact) mass is 307 g/mol. The summed E-state index contributed by atoms with van der Waals surface area (Å²) in [5, 5.41) is 3.45. The average Bonchev–Trinajstić information content (AvgIpc) is 2.90. The summed E-state index contributed by atoms with van der Waals surface area (Å²) in [6.07, 6.45) is 11.2. The maximum Gasteiger partial charge on any atom is 0.224 e. The lowest BCUT2D eigenvalue weighted by Crippen LogP contribution is -2.45. The van der Waals surface area contributed by atoms with E-state index < -0.39 is 0 Å². The van der Waals surface area contributed by atoms with E-state index in [-0.39, 0.29) is 0 Å². The van der Waals surface area contributed by atoms with E-state index in [0.29, 0.717) is 17.9 Å². The number of carbonyl (C=O) groups excluding carboxylic acids is 1. The number of piperidine rings is 1. The van der Waals surface area contributed by atoms with Crippen LogP contribution in [0.1, 0.15) is 57.8 Å². The van der Waals surface area contributed by atoms with E-state index in [0.717, 1.165) is 26.1 Å². The second-order valence-corrected chi connectivity index (χ2v) is 7.56. The van der Waals surface area contributed by atoms with Crippen molar-refractivity contribution in [1.29, 1.82) is 0 Å². The van der Waals surface area contributed by atoms with Gasteiger partial charge in [0, 0.05) is 32.1 Å². The van der Waals surface area contributed by atoms with Gasteiger partial charge in [-0.2, -0.15) is 0 Å². The maximum atomic E-state index is 12.5. The first-order valence-electron chi connectivity index (χ1n) is 9.55. The molecule has 3 rings (SSSR count). The minimum absolute atomic E-state index is 0.389. The molecule has 3 saturated heterocycles. The van der Waals surface area contributed by atoms with Crippen molar-refractivity contribution in [1.82, 2.24) is 15.1 Å². The van der Waals surface area contributed by atoms with Crippen LogP contribution in [-0.4, -0.2) is 61.0 Å².